The number of hydrogen-bond donors (Lipinski definition) is 2. The van der Waals surface area contributed by atoms with Crippen LogP contribution in [0.2, 0.25) is 0 Å². The zero-order chi connectivity index (χ0) is 78.6. The van der Waals surface area contributed by atoms with E-state index >= 15 is 0 Å². The van der Waals surface area contributed by atoms with Gasteiger partial charge in [0.25, 0.3) is 5.69 Å². The second kappa shape index (κ2) is 33.7. The van der Waals surface area contributed by atoms with Gasteiger partial charge in [0.15, 0.2) is 23.7 Å². The van der Waals surface area contributed by atoms with Crippen LogP contribution in [0.15, 0.2) is 48.5 Å². The van der Waals surface area contributed by atoms with Crippen LogP contribution >= 0.6 is 0 Å². The van der Waals surface area contributed by atoms with Crippen molar-refractivity contribution in [2.75, 3.05) is 11.5 Å². The number of ether oxygens (including phenoxy) is 8. The van der Waals surface area contributed by atoms with Crippen LogP contribution in [0.25, 0.3) is 0 Å². The summed E-state index contributed by atoms with van der Waals surface area (Å²) in [6.07, 6.45) is 0. The average molecular weight is 1420 g/mol. The number of nitro groups is 2. The van der Waals surface area contributed by atoms with Gasteiger partial charge in [-0.15, -0.1) is 0 Å². The molecule has 4 rings (SSSR count). The van der Waals surface area contributed by atoms with Gasteiger partial charge in [-0.25, -0.2) is 13.2 Å². The van der Waals surface area contributed by atoms with Gasteiger partial charge in [0.2, 0.25) is 5.82 Å². The Labute approximate surface area is 582 Å². The number of nitrogens with zero attached hydrogens (tertiary/aromatic N) is 2. The summed E-state index contributed by atoms with van der Waals surface area (Å²) in [4.78, 5) is 121. The lowest BCUT2D eigenvalue weighted by atomic mass is 9.93. The fraction of sp³-hybridized carbons (Fsp3) is 0.556. The monoisotopic (exact) mass is 1420 g/mol. The fourth-order valence-electron chi connectivity index (χ4n) is 8.49. The third-order valence-corrected chi connectivity index (χ3v) is 12.2. The van der Waals surface area contributed by atoms with E-state index in [1.807, 2.05) is 0 Å². The maximum atomic E-state index is 14.1. The molecule has 0 aliphatic rings. The van der Waals surface area contributed by atoms with Crippen molar-refractivity contribution in [3.8, 4) is 0 Å². The van der Waals surface area contributed by atoms with Crippen LogP contribution in [0.1, 0.15) is 234 Å². The molecule has 4 aromatic rings. The minimum atomic E-state index is -1.77. The summed E-state index contributed by atoms with van der Waals surface area (Å²) in [5.74, 6) is -16.5. The Morgan fingerprint density at radius 2 is 0.500 bits per heavy atom. The highest BCUT2D eigenvalue weighted by Gasteiger charge is 2.44. The standard InChI is InChI=1S/2C18H24FNO6.2C18H26FNO4/c1-10-8-13(20(23)24)11(9-12(10)19)14(15(21)25-17(2,3)4)16(22)26-18(5,6)7;1-10-8-13(20(23)24)12(19)9-11(10)14(15(21)25-17(2,3)4)16(22)26-18(5,6)7;1-10-8-13(20)11(9-12(10)19)14(15(21)23-17(2,3)4)16(22)24-18(5,6)7;1-10-8-13(20)12(19)9-11(10)14(15(21)23-17(2,3)4)16(22)24-18(5,6)7/h2*8-9,14H,1-7H3;2*8-9,14H,20H2,1-7H3. The van der Waals surface area contributed by atoms with Crippen molar-refractivity contribution in [1.29, 1.82) is 0 Å². The van der Waals surface area contributed by atoms with Gasteiger partial charge in [-0.1, -0.05) is 0 Å². The number of anilines is 2. The molecule has 4 N–H and O–H groups in total. The molecule has 0 bridgehead atoms. The summed E-state index contributed by atoms with van der Waals surface area (Å²) >= 11 is 0. The molecular weight excluding hydrogens is 1320 g/mol. The Balaban J connectivity index is 0.000000667. The van der Waals surface area contributed by atoms with Gasteiger partial charge < -0.3 is 49.4 Å². The number of esters is 8. The van der Waals surface area contributed by atoms with E-state index in [0.29, 0.717) is 11.1 Å². The Morgan fingerprint density at radius 1 is 0.300 bits per heavy atom. The first-order valence-corrected chi connectivity index (χ1v) is 31.5. The quantitative estimate of drug-likeness (QED) is 0.0225. The SMILES string of the molecule is Cc1cc(N)c(C(C(=O)OC(C)(C)C)C(=O)OC(C)(C)C)cc1F.Cc1cc(N)c(F)cc1C(C(=O)OC(C)(C)C)C(=O)OC(C)(C)C.Cc1cc([N+](=O)[O-])c(C(C(=O)OC(C)(C)C)C(=O)OC(C)(C)C)cc1F.Cc1cc([N+](=O)[O-])c(F)cc1C(C(=O)OC(C)(C)C)C(=O)OC(C)(C)C. The highest BCUT2D eigenvalue weighted by Crippen LogP contribution is 2.37. The molecule has 0 atom stereocenters. The van der Waals surface area contributed by atoms with Crippen molar-refractivity contribution in [2.45, 2.75) is 262 Å². The Kier molecular flexibility index (Phi) is 30.0. The lowest BCUT2D eigenvalue weighted by molar-refractivity contribution is -0.387. The number of nitrogen functional groups attached to an aromatic ring is 2. The second-order valence-electron chi connectivity index (χ2n) is 31.3. The predicted molar refractivity (Wildman–Crippen MR) is 364 cm³/mol. The van der Waals surface area contributed by atoms with Gasteiger partial charge in [-0.2, -0.15) is 4.39 Å². The van der Waals surface area contributed by atoms with E-state index in [1.54, 1.807) is 180 Å². The molecule has 0 fully saturated rings. The van der Waals surface area contributed by atoms with E-state index in [1.165, 1.54) is 26.0 Å². The van der Waals surface area contributed by atoms with Gasteiger partial charge in [0, 0.05) is 23.4 Å². The maximum absolute atomic E-state index is 14.1. The number of carbonyl (C=O) groups excluding carboxylic acids is 8. The summed E-state index contributed by atoms with van der Waals surface area (Å²) < 4.78 is 98.2. The smallest absolute Gasteiger partial charge is 0.325 e. The summed E-state index contributed by atoms with van der Waals surface area (Å²) in [7, 11) is 0. The molecule has 100 heavy (non-hydrogen) atoms. The van der Waals surface area contributed by atoms with E-state index in [2.05, 4.69) is 0 Å². The molecule has 0 aliphatic heterocycles. The van der Waals surface area contributed by atoms with Crippen molar-refractivity contribution >= 4 is 70.5 Å². The van der Waals surface area contributed by atoms with E-state index in [0.717, 1.165) is 36.4 Å². The highest BCUT2D eigenvalue weighted by molar-refractivity contribution is 6.04. The Bertz CT molecular complexity index is 3470. The average Bonchev–Trinajstić information content (AvgIpc) is 0.812. The minimum Gasteiger partial charge on any atom is -0.459 e. The molecule has 0 heterocycles. The molecule has 4 aromatic carbocycles. The molecule has 0 unspecified atom stereocenters. The third kappa shape index (κ3) is 30.1. The van der Waals surface area contributed by atoms with Crippen molar-refractivity contribution in [2.24, 2.45) is 0 Å². The summed E-state index contributed by atoms with van der Waals surface area (Å²) in [5.41, 5.74) is 4.23. The topological polar surface area (TPSA) is 349 Å². The number of benzene rings is 4. The van der Waals surface area contributed by atoms with E-state index < -0.39 is 166 Å². The molecular formula is C72H100F4N4O20. The number of hydrogen-bond acceptors (Lipinski definition) is 22. The summed E-state index contributed by atoms with van der Waals surface area (Å²) in [6.45, 7) is 45.4. The number of carbonyl (C=O) groups is 8. The van der Waals surface area contributed by atoms with E-state index in [-0.39, 0.29) is 39.2 Å². The zero-order valence-electron chi connectivity index (χ0n) is 62.7. The first kappa shape index (κ1) is 88.8. The molecule has 0 aromatic heterocycles. The minimum absolute atomic E-state index is 0.0209. The van der Waals surface area contributed by atoms with Crippen LogP contribution in [0.3, 0.4) is 0 Å². The lowest BCUT2D eigenvalue weighted by Gasteiger charge is -2.27. The number of nitrogens with two attached hydrogens (primary N) is 2. The van der Waals surface area contributed by atoms with Crippen LogP contribution in [-0.4, -0.2) is 102 Å². The van der Waals surface area contributed by atoms with Gasteiger partial charge in [0.05, 0.1) is 21.1 Å². The van der Waals surface area contributed by atoms with E-state index in [4.69, 9.17) is 49.4 Å². The third-order valence-electron chi connectivity index (χ3n) is 12.2. The van der Waals surface area contributed by atoms with Crippen LogP contribution in [-0.2, 0) is 76.3 Å². The van der Waals surface area contributed by atoms with Crippen molar-refractivity contribution < 1.29 is 104 Å². The predicted octanol–water partition coefficient (Wildman–Crippen LogP) is 14.6. The Morgan fingerprint density at radius 3 is 0.770 bits per heavy atom. The number of aryl methyl sites for hydroxylation is 4. The number of halogens is 4. The zero-order valence-corrected chi connectivity index (χ0v) is 62.7. The Hall–Kier alpha value is -9.24. The summed E-state index contributed by atoms with van der Waals surface area (Å²) in [6, 6.07) is 8.52. The molecule has 0 spiro atoms. The van der Waals surface area contributed by atoms with Crippen LogP contribution < -0.4 is 11.5 Å². The van der Waals surface area contributed by atoms with Gasteiger partial charge in [0.1, 0.15) is 62.3 Å². The van der Waals surface area contributed by atoms with Crippen LogP contribution in [0.5, 0.6) is 0 Å². The van der Waals surface area contributed by atoms with Gasteiger partial charge >= 0.3 is 53.4 Å². The first-order valence-electron chi connectivity index (χ1n) is 31.5. The molecule has 0 amide bonds. The van der Waals surface area contributed by atoms with Crippen molar-refractivity contribution in [3.63, 3.8) is 0 Å². The maximum Gasteiger partial charge on any atom is 0.325 e. The largest absolute Gasteiger partial charge is 0.459 e. The second-order valence-corrected chi connectivity index (χ2v) is 31.3. The number of nitro benzene ring substituents is 2. The molecule has 0 saturated carbocycles. The molecule has 0 saturated heterocycles. The van der Waals surface area contributed by atoms with Crippen molar-refractivity contribution in [3.05, 3.63) is 137 Å². The van der Waals surface area contributed by atoms with Gasteiger partial charge in [-0.3, -0.25) is 58.6 Å². The van der Waals surface area contributed by atoms with Gasteiger partial charge in [-0.05, 0) is 264 Å². The molecule has 0 radical (unpaired) electrons. The first-order chi connectivity index (χ1) is 44.7. The summed E-state index contributed by atoms with van der Waals surface area (Å²) in [5, 5.41) is 22.3. The molecule has 556 valence electrons. The van der Waals surface area contributed by atoms with E-state index in [9.17, 15) is 76.1 Å². The molecule has 28 heteroatoms. The normalized spacial score (nSPS) is 12.1. The van der Waals surface area contributed by atoms with Crippen LogP contribution in [0.4, 0.5) is 40.3 Å². The number of rotatable bonds is 14. The van der Waals surface area contributed by atoms with Crippen LogP contribution in [0, 0.1) is 71.2 Å². The molecule has 0 aliphatic carbocycles. The highest BCUT2D eigenvalue weighted by atomic mass is 19.1. The van der Waals surface area contributed by atoms with Crippen molar-refractivity contribution in [1.82, 2.24) is 0 Å². The molecule has 24 nitrogen and oxygen atoms in total. The fourth-order valence-corrected chi connectivity index (χ4v) is 8.49. The lowest BCUT2D eigenvalue weighted by Crippen LogP contribution is -2.36.